The van der Waals surface area contributed by atoms with E-state index in [4.69, 9.17) is 4.74 Å². The minimum Gasteiger partial charge on any atom is -0.439 e. The van der Waals surface area contributed by atoms with Crippen molar-refractivity contribution in [2.45, 2.75) is 25.9 Å². The smallest absolute Gasteiger partial charge is 0.219 e. The number of pyridine rings is 1. The standard InChI is InChI=1S/C19H25FN4O3S.HI/c1-14(10-11-28(3,25)26)24-19(21-2)23-13-15-4-9-18(22-12-15)27-17-7-5-16(20)6-8-17;/h4-9,12,14H,10-11,13H2,1-3H3,(H2,21,23,24);1H. The highest BCUT2D eigenvalue weighted by molar-refractivity contribution is 14.0. The van der Waals surface area contributed by atoms with Crippen molar-refractivity contribution in [2.75, 3.05) is 19.1 Å². The van der Waals surface area contributed by atoms with Crippen LogP contribution in [-0.4, -0.2) is 44.5 Å². The van der Waals surface area contributed by atoms with E-state index in [0.29, 0.717) is 30.6 Å². The van der Waals surface area contributed by atoms with E-state index in [-0.39, 0.29) is 41.6 Å². The number of hydrogen-bond acceptors (Lipinski definition) is 5. The number of ether oxygens (including phenoxy) is 1. The molecule has 7 nitrogen and oxygen atoms in total. The molecule has 0 amide bonds. The predicted molar refractivity (Wildman–Crippen MR) is 123 cm³/mol. The van der Waals surface area contributed by atoms with Crippen molar-refractivity contribution in [3.05, 3.63) is 54.0 Å². The normalized spacial score (nSPS) is 12.6. The van der Waals surface area contributed by atoms with Crippen LogP contribution in [0.25, 0.3) is 0 Å². The number of halogens is 2. The van der Waals surface area contributed by atoms with Gasteiger partial charge in [-0.05, 0) is 43.2 Å². The Morgan fingerprint density at radius 1 is 1.24 bits per heavy atom. The third kappa shape index (κ3) is 9.88. The summed E-state index contributed by atoms with van der Waals surface area (Å²) in [5.74, 6) is 1.29. The third-order valence-corrected chi connectivity index (χ3v) is 4.80. The summed E-state index contributed by atoms with van der Waals surface area (Å²) >= 11 is 0. The Morgan fingerprint density at radius 2 is 1.93 bits per heavy atom. The van der Waals surface area contributed by atoms with Crippen molar-refractivity contribution in [3.63, 3.8) is 0 Å². The minimum atomic E-state index is -2.98. The van der Waals surface area contributed by atoms with Gasteiger partial charge in [0.2, 0.25) is 5.88 Å². The molecular formula is C19H26FIN4O3S. The molecule has 0 bridgehead atoms. The molecule has 0 fully saturated rings. The summed E-state index contributed by atoms with van der Waals surface area (Å²) in [7, 11) is -1.34. The molecule has 0 saturated heterocycles. The van der Waals surface area contributed by atoms with Gasteiger partial charge in [0.1, 0.15) is 21.4 Å². The van der Waals surface area contributed by atoms with Crippen molar-refractivity contribution in [1.29, 1.82) is 0 Å². The van der Waals surface area contributed by atoms with Crippen LogP contribution >= 0.6 is 24.0 Å². The van der Waals surface area contributed by atoms with Crippen LogP contribution in [0.5, 0.6) is 11.6 Å². The van der Waals surface area contributed by atoms with E-state index in [2.05, 4.69) is 20.6 Å². The van der Waals surface area contributed by atoms with Gasteiger partial charge in [0.05, 0.1) is 5.75 Å². The van der Waals surface area contributed by atoms with Gasteiger partial charge >= 0.3 is 0 Å². The van der Waals surface area contributed by atoms with E-state index in [9.17, 15) is 12.8 Å². The Balaban J connectivity index is 0.00000420. The van der Waals surface area contributed by atoms with Crippen LogP contribution in [0.2, 0.25) is 0 Å². The van der Waals surface area contributed by atoms with Gasteiger partial charge in [-0.15, -0.1) is 24.0 Å². The molecule has 1 aromatic carbocycles. The number of benzene rings is 1. The van der Waals surface area contributed by atoms with Crippen molar-refractivity contribution in [2.24, 2.45) is 4.99 Å². The fraction of sp³-hybridized carbons (Fsp3) is 0.368. The molecule has 160 valence electrons. The molecule has 0 spiro atoms. The Labute approximate surface area is 188 Å². The molecule has 0 aliphatic heterocycles. The Bertz CT molecular complexity index is 891. The molecule has 2 aromatic rings. The van der Waals surface area contributed by atoms with E-state index in [1.165, 1.54) is 30.5 Å². The first-order chi connectivity index (χ1) is 13.2. The molecule has 1 aromatic heterocycles. The third-order valence-electron chi connectivity index (χ3n) is 3.82. The summed E-state index contributed by atoms with van der Waals surface area (Å²) in [4.78, 5) is 8.37. The number of rotatable bonds is 8. The molecular weight excluding hydrogens is 510 g/mol. The average molecular weight is 536 g/mol. The molecule has 2 N–H and O–H groups in total. The van der Waals surface area contributed by atoms with E-state index in [1.54, 1.807) is 19.3 Å². The first-order valence-electron chi connectivity index (χ1n) is 8.78. The average Bonchev–Trinajstić information content (AvgIpc) is 2.66. The van der Waals surface area contributed by atoms with Gasteiger partial charge in [0.25, 0.3) is 0 Å². The summed E-state index contributed by atoms with van der Waals surface area (Å²) in [5.41, 5.74) is 0.915. The van der Waals surface area contributed by atoms with Gasteiger partial charge in [-0.1, -0.05) is 6.07 Å². The van der Waals surface area contributed by atoms with Crippen LogP contribution in [0.1, 0.15) is 18.9 Å². The lowest BCUT2D eigenvalue weighted by atomic mass is 10.2. The van der Waals surface area contributed by atoms with E-state index < -0.39 is 9.84 Å². The maximum atomic E-state index is 12.9. The largest absolute Gasteiger partial charge is 0.439 e. The van der Waals surface area contributed by atoms with Crippen LogP contribution in [0.4, 0.5) is 4.39 Å². The van der Waals surface area contributed by atoms with Crippen molar-refractivity contribution < 1.29 is 17.5 Å². The van der Waals surface area contributed by atoms with Crippen LogP contribution < -0.4 is 15.4 Å². The van der Waals surface area contributed by atoms with Crippen LogP contribution in [0.15, 0.2) is 47.6 Å². The molecule has 29 heavy (non-hydrogen) atoms. The molecule has 0 saturated carbocycles. The second kappa shape index (κ2) is 11.9. The highest BCUT2D eigenvalue weighted by Gasteiger charge is 2.09. The number of guanidine groups is 1. The van der Waals surface area contributed by atoms with E-state index in [1.807, 2.05) is 13.0 Å². The molecule has 0 radical (unpaired) electrons. The Hall–Kier alpha value is -1.95. The lowest BCUT2D eigenvalue weighted by Crippen LogP contribution is -2.42. The van der Waals surface area contributed by atoms with Crippen molar-refractivity contribution in [3.8, 4) is 11.6 Å². The zero-order valence-electron chi connectivity index (χ0n) is 16.6. The summed E-state index contributed by atoms with van der Waals surface area (Å²) in [6, 6.07) is 9.27. The quantitative estimate of drug-likeness (QED) is 0.306. The number of hydrogen-bond donors (Lipinski definition) is 2. The first-order valence-corrected chi connectivity index (χ1v) is 10.8. The molecule has 1 heterocycles. The van der Waals surface area contributed by atoms with Gasteiger partial charge in [-0.25, -0.2) is 17.8 Å². The second-order valence-corrected chi connectivity index (χ2v) is 8.71. The lowest BCUT2D eigenvalue weighted by molar-refractivity contribution is 0.461. The Kier molecular flexibility index (Phi) is 10.3. The highest BCUT2D eigenvalue weighted by Crippen LogP contribution is 2.19. The predicted octanol–water partition coefficient (Wildman–Crippen LogP) is 3.12. The number of nitrogens with zero attached hydrogens (tertiary/aromatic N) is 2. The van der Waals surface area contributed by atoms with Crippen molar-refractivity contribution >= 4 is 39.8 Å². The fourth-order valence-electron chi connectivity index (χ4n) is 2.28. The van der Waals surface area contributed by atoms with Crippen LogP contribution in [0.3, 0.4) is 0 Å². The number of aliphatic imine (C=N–C) groups is 1. The van der Waals surface area contributed by atoms with Crippen molar-refractivity contribution in [1.82, 2.24) is 15.6 Å². The summed E-state index contributed by atoms with van der Waals surface area (Å²) < 4.78 is 41.0. The monoisotopic (exact) mass is 536 g/mol. The van der Waals surface area contributed by atoms with Gasteiger partial charge in [0, 0.05) is 38.2 Å². The number of nitrogens with one attached hydrogen (secondary N) is 2. The van der Waals surface area contributed by atoms with Crippen LogP contribution in [-0.2, 0) is 16.4 Å². The summed E-state index contributed by atoms with van der Waals surface area (Å²) in [6.45, 7) is 2.39. The van der Waals surface area contributed by atoms with Crippen LogP contribution in [0, 0.1) is 5.82 Å². The van der Waals surface area contributed by atoms with Gasteiger partial charge in [-0.2, -0.15) is 0 Å². The zero-order chi connectivity index (χ0) is 20.6. The molecule has 0 aliphatic carbocycles. The molecule has 1 atom stereocenters. The Morgan fingerprint density at radius 3 is 2.48 bits per heavy atom. The number of aromatic nitrogens is 1. The highest BCUT2D eigenvalue weighted by atomic mass is 127. The van der Waals surface area contributed by atoms with Gasteiger partial charge in [0.15, 0.2) is 5.96 Å². The molecule has 1 unspecified atom stereocenters. The topological polar surface area (TPSA) is 92.7 Å². The SMILES string of the molecule is CN=C(NCc1ccc(Oc2ccc(F)cc2)nc1)NC(C)CCS(C)(=O)=O.I. The van der Waals surface area contributed by atoms with Gasteiger partial charge in [-0.3, -0.25) is 4.99 Å². The summed E-state index contributed by atoms with van der Waals surface area (Å²) in [6.07, 6.45) is 3.39. The van der Waals surface area contributed by atoms with E-state index >= 15 is 0 Å². The fourth-order valence-corrected chi connectivity index (χ4v) is 3.06. The zero-order valence-corrected chi connectivity index (χ0v) is 19.7. The van der Waals surface area contributed by atoms with E-state index in [0.717, 1.165) is 5.56 Å². The summed E-state index contributed by atoms with van der Waals surface area (Å²) in [5, 5.41) is 6.31. The second-order valence-electron chi connectivity index (χ2n) is 6.45. The number of sulfone groups is 1. The maximum Gasteiger partial charge on any atom is 0.219 e. The molecule has 10 heteroatoms. The maximum absolute atomic E-state index is 12.9. The molecule has 2 rings (SSSR count). The lowest BCUT2D eigenvalue weighted by Gasteiger charge is -2.17. The first kappa shape index (κ1) is 25.1. The van der Waals surface area contributed by atoms with Gasteiger partial charge < -0.3 is 15.4 Å². The minimum absolute atomic E-state index is 0. The molecule has 0 aliphatic rings.